The van der Waals surface area contributed by atoms with Crippen molar-refractivity contribution in [3.8, 4) is 0 Å². The molecule has 1 heteroatoms. The van der Waals surface area contributed by atoms with E-state index < -0.39 is 0 Å². The van der Waals surface area contributed by atoms with Crippen LogP contribution in [0.2, 0.25) is 0 Å². The van der Waals surface area contributed by atoms with Crippen LogP contribution in [0.5, 0.6) is 0 Å². The van der Waals surface area contributed by atoms with Crippen LogP contribution in [-0.2, 0) is 0 Å². The van der Waals surface area contributed by atoms with Gasteiger partial charge in [-0.2, -0.15) is 0 Å². The molecule has 0 heterocycles. The van der Waals surface area contributed by atoms with Crippen molar-refractivity contribution in [2.75, 3.05) is 13.1 Å². The molecular formula is C9H21N. The fourth-order valence-corrected chi connectivity index (χ4v) is 1.12. The Morgan fingerprint density at radius 3 is 2.40 bits per heavy atom. The van der Waals surface area contributed by atoms with E-state index in [0.717, 1.165) is 5.92 Å². The average Bonchev–Trinajstić information content (AvgIpc) is 1.89. The largest absolute Gasteiger partial charge is 0.316 e. The molecule has 0 saturated heterocycles. The quantitative estimate of drug-likeness (QED) is 0.563. The highest BCUT2D eigenvalue weighted by atomic mass is 14.8. The third-order valence-corrected chi connectivity index (χ3v) is 1.70. The van der Waals surface area contributed by atoms with Crippen LogP contribution in [0.25, 0.3) is 0 Å². The Hall–Kier alpha value is -0.0400. The van der Waals surface area contributed by atoms with Gasteiger partial charge >= 0.3 is 0 Å². The molecule has 1 atom stereocenters. The van der Waals surface area contributed by atoms with E-state index in [1.807, 2.05) is 0 Å². The van der Waals surface area contributed by atoms with E-state index in [9.17, 15) is 0 Å². The highest BCUT2D eigenvalue weighted by Gasteiger charge is 1.97. The van der Waals surface area contributed by atoms with Gasteiger partial charge in [-0.05, 0) is 31.8 Å². The molecule has 1 nitrogen and oxygen atoms in total. The summed E-state index contributed by atoms with van der Waals surface area (Å²) in [6.07, 6.45) is 3.92. The van der Waals surface area contributed by atoms with Gasteiger partial charge in [-0.15, -0.1) is 0 Å². The summed E-state index contributed by atoms with van der Waals surface area (Å²) in [5.74, 6) is 0.858. The van der Waals surface area contributed by atoms with E-state index in [1.165, 1.54) is 32.4 Å². The van der Waals surface area contributed by atoms with Gasteiger partial charge in [-0.1, -0.05) is 27.2 Å². The summed E-state index contributed by atoms with van der Waals surface area (Å²) in [6, 6.07) is 0. The predicted octanol–water partition coefficient (Wildman–Crippen LogP) is 2.42. The second-order valence-corrected chi connectivity index (χ2v) is 3.10. The van der Waals surface area contributed by atoms with Crippen molar-refractivity contribution in [1.29, 1.82) is 0 Å². The van der Waals surface area contributed by atoms with E-state index >= 15 is 0 Å². The van der Waals surface area contributed by atoms with Gasteiger partial charge in [0, 0.05) is 0 Å². The van der Waals surface area contributed by atoms with Gasteiger partial charge < -0.3 is 5.32 Å². The van der Waals surface area contributed by atoms with Crippen LogP contribution in [-0.4, -0.2) is 13.1 Å². The first-order chi connectivity index (χ1) is 4.81. The van der Waals surface area contributed by atoms with Gasteiger partial charge in [0.1, 0.15) is 0 Å². The van der Waals surface area contributed by atoms with Gasteiger partial charge in [-0.3, -0.25) is 0 Å². The highest BCUT2D eigenvalue weighted by molar-refractivity contribution is 4.55. The first kappa shape index (κ1) is 9.96. The van der Waals surface area contributed by atoms with Crippen molar-refractivity contribution in [1.82, 2.24) is 5.32 Å². The lowest BCUT2D eigenvalue weighted by molar-refractivity contribution is 0.476. The van der Waals surface area contributed by atoms with Gasteiger partial charge in [0.2, 0.25) is 0 Å². The van der Waals surface area contributed by atoms with Crippen molar-refractivity contribution in [2.45, 2.75) is 40.0 Å². The second-order valence-electron chi connectivity index (χ2n) is 3.10. The molecule has 0 spiro atoms. The Labute approximate surface area is 65.2 Å². The zero-order valence-electron chi connectivity index (χ0n) is 7.61. The van der Waals surface area contributed by atoms with Crippen molar-refractivity contribution in [2.24, 2.45) is 5.92 Å². The lowest BCUT2D eigenvalue weighted by Crippen LogP contribution is -2.21. The minimum atomic E-state index is 0.858. The molecule has 0 aliphatic carbocycles. The van der Waals surface area contributed by atoms with E-state index in [2.05, 4.69) is 26.1 Å². The maximum Gasteiger partial charge on any atom is -0.00232 e. The molecular weight excluding hydrogens is 122 g/mol. The molecule has 10 heavy (non-hydrogen) atoms. The molecule has 0 radical (unpaired) electrons. The third kappa shape index (κ3) is 6.09. The van der Waals surface area contributed by atoms with Gasteiger partial charge in [0.15, 0.2) is 0 Å². The summed E-state index contributed by atoms with van der Waals surface area (Å²) in [6.45, 7) is 9.13. The van der Waals surface area contributed by atoms with Gasteiger partial charge in [0.25, 0.3) is 0 Å². The summed E-state index contributed by atoms with van der Waals surface area (Å²) in [5, 5.41) is 3.42. The number of nitrogens with one attached hydrogen (secondary N) is 1. The molecule has 0 aromatic heterocycles. The minimum Gasteiger partial charge on any atom is -0.316 e. The molecule has 0 aliphatic rings. The molecule has 0 aromatic carbocycles. The van der Waals surface area contributed by atoms with Crippen molar-refractivity contribution in [3.05, 3.63) is 0 Å². The summed E-state index contributed by atoms with van der Waals surface area (Å²) >= 11 is 0. The van der Waals surface area contributed by atoms with E-state index in [-0.39, 0.29) is 0 Å². The molecule has 0 aromatic rings. The number of hydrogen-bond acceptors (Lipinski definition) is 1. The van der Waals surface area contributed by atoms with E-state index in [0.29, 0.717) is 0 Å². The molecule has 0 saturated carbocycles. The summed E-state index contributed by atoms with van der Waals surface area (Å²) in [7, 11) is 0. The number of rotatable bonds is 6. The topological polar surface area (TPSA) is 12.0 Å². The fourth-order valence-electron chi connectivity index (χ4n) is 1.12. The summed E-state index contributed by atoms with van der Waals surface area (Å²) < 4.78 is 0. The van der Waals surface area contributed by atoms with Crippen LogP contribution in [0.4, 0.5) is 0 Å². The molecule has 0 rings (SSSR count). The van der Waals surface area contributed by atoms with Crippen LogP contribution < -0.4 is 5.32 Å². The SMILES string of the molecule is CCCNC[C@@H](C)CCC. The van der Waals surface area contributed by atoms with Crippen molar-refractivity contribution >= 4 is 0 Å². The Morgan fingerprint density at radius 2 is 1.90 bits per heavy atom. The van der Waals surface area contributed by atoms with Gasteiger partial charge in [0.05, 0.1) is 0 Å². The molecule has 0 unspecified atom stereocenters. The minimum absolute atomic E-state index is 0.858. The fraction of sp³-hybridized carbons (Fsp3) is 1.00. The third-order valence-electron chi connectivity index (χ3n) is 1.70. The Morgan fingerprint density at radius 1 is 1.20 bits per heavy atom. The monoisotopic (exact) mass is 143 g/mol. The Balaban J connectivity index is 2.97. The molecule has 62 valence electrons. The zero-order valence-corrected chi connectivity index (χ0v) is 7.61. The maximum absolute atomic E-state index is 3.42. The summed E-state index contributed by atoms with van der Waals surface area (Å²) in [4.78, 5) is 0. The highest BCUT2D eigenvalue weighted by Crippen LogP contribution is 2.02. The van der Waals surface area contributed by atoms with Crippen LogP contribution >= 0.6 is 0 Å². The molecule has 0 amide bonds. The maximum atomic E-state index is 3.42. The van der Waals surface area contributed by atoms with E-state index in [1.54, 1.807) is 0 Å². The predicted molar refractivity (Wildman–Crippen MR) is 47.2 cm³/mol. The van der Waals surface area contributed by atoms with Crippen LogP contribution in [0.3, 0.4) is 0 Å². The Bertz CT molecular complexity index is 61.7. The lowest BCUT2D eigenvalue weighted by atomic mass is 10.1. The average molecular weight is 143 g/mol. The van der Waals surface area contributed by atoms with Gasteiger partial charge in [-0.25, -0.2) is 0 Å². The summed E-state index contributed by atoms with van der Waals surface area (Å²) in [5.41, 5.74) is 0. The Kier molecular flexibility index (Phi) is 7.04. The molecule has 0 fully saturated rings. The van der Waals surface area contributed by atoms with Crippen LogP contribution in [0, 0.1) is 5.92 Å². The molecule has 0 aliphatic heterocycles. The first-order valence-corrected chi connectivity index (χ1v) is 4.52. The zero-order chi connectivity index (χ0) is 7.82. The smallest absolute Gasteiger partial charge is 0.00232 e. The second kappa shape index (κ2) is 7.07. The van der Waals surface area contributed by atoms with E-state index in [4.69, 9.17) is 0 Å². The van der Waals surface area contributed by atoms with Crippen molar-refractivity contribution < 1.29 is 0 Å². The van der Waals surface area contributed by atoms with Crippen molar-refractivity contribution in [3.63, 3.8) is 0 Å². The lowest BCUT2D eigenvalue weighted by Gasteiger charge is -2.09. The van der Waals surface area contributed by atoms with Crippen LogP contribution in [0.15, 0.2) is 0 Å². The van der Waals surface area contributed by atoms with Crippen LogP contribution in [0.1, 0.15) is 40.0 Å². The molecule has 0 bridgehead atoms. The number of hydrogen-bond donors (Lipinski definition) is 1. The first-order valence-electron chi connectivity index (χ1n) is 4.52. The molecule has 1 N–H and O–H groups in total. The normalized spacial score (nSPS) is 13.5. The standard InChI is InChI=1S/C9H21N/c1-4-6-9(3)8-10-7-5-2/h9-10H,4-8H2,1-3H3/t9-/m0/s1.